The van der Waals surface area contributed by atoms with Gasteiger partial charge in [0.2, 0.25) is 10.0 Å². The Morgan fingerprint density at radius 2 is 1.54 bits per heavy atom. The molecule has 1 saturated heterocycles. The SMILES string of the molecule is O=S1(=O)CC[C@H](N(Cc2ccccc2)S(=O)(=O)c2ccccc2)C1. The van der Waals surface area contributed by atoms with Crippen LogP contribution in [0.5, 0.6) is 0 Å². The Morgan fingerprint density at radius 3 is 2.08 bits per heavy atom. The lowest BCUT2D eigenvalue weighted by Gasteiger charge is -2.27. The minimum atomic E-state index is -3.76. The highest BCUT2D eigenvalue weighted by Crippen LogP contribution is 2.26. The van der Waals surface area contributed by atoms with E-state index in [1.54, 1.807) is 18.2 Å². The van der Waals surface area contributed by atoms with Gasteiger partial charge in [-0.2, -0.15) is 4.31 Å². The van der Waals surface area contributed by atoms with E-state index in [2.05, 4.69) is 0 Å². The summed E-state index contributed by atoms with van der Waals surface area (Å²) in [7, 11) is -6.95. The molecule has 0 amide bonds. The number of nitrogens with zero attached hydrogens (tertiary/aromatic N) is 1. The minimum absolute atomic E-state index is 0.0350. The van der Waals surface area contributed by atoms with Gasteiger partial charge in [0.1, 0.15) is 0 Å². The van der Waals surface area contributed by atoms with Crippen molar-refractivity contribution in [1.29, 1.82) is 0 Å². The molecule has 3 rings (SSSR count). The largest absolute Gasteiger partial charge is 0.243 e. The fraction of sp³-hybridized carbons (Fsp3) is 0.294. The molecule has 1 atom stereocenters. The molecule has 0 saturated carbocycles. The number of benzene rings is 2. The number of hydrogen-bond donors (Lipinski definition) is 0. The summed E-state index contributed by atoms with van der Waals surface area (Å²) in [6, 6.07) is 16.9. The van der Waals surface area contributed by atoms with Gasteiger partial charge in [-0.3, -0.25) is 0 Å². The van der Waals surface area contributed by atoms with E-state index in [1.807, 2.05) is 30.3 Å². The average Bonchev–Trinajstić information content (AvgIpc) is 2.94. The molecule has 0 N–H and O–H groups in total. The normalized spacial score (nSPS) is 20.3. The Hall–Kier alpha value is -1.70. The summed E-state index contributed by atoms with van der Waals surface area (Å²) in [5.41, 5.74) is 0.835. The van der Waals surface area contributed by atoms with Crippen LogP contribution in [0.2, 0.25) is 0 Å². The van der Waals surface area contributed by atoms with Crippen LogP contribution in [0.15, 0.2) is 65.6 Å². The summed E-state index contributed by atoms with van der Waals surface area (Å²) < 4.78 is 51.1. The van der Waals surface area contributed by atoms with Crippen molar-refractivity contribution in [3.8, 4) is 0 Å². The highest BCUT2D eigenvalue weighted by Gasteiger charge is 2.38. The quantitative estimate of drug-likeness (QED) is 0.813. The van der Waals surface area contributed by atoms with Gasteiger partial charge in [-0.15, -0.1) is 0 Å². The standard InChI is InChI=1S/C17H19NO4S2/c19-23(20)12-11-16(14-23)18(13-15-7-3-1-4-8-15)24(21,22)17-9-5-2-6-10-17/h1-10,16H,11-14H2/t16-/m0/s1. The smallest absolute Gasteiger partial charge is 0.229 e. The second-order valence-corrected chi connectivity index (χ2v) is 10.0. The Kier molecular flexibility index (Phi) is 4.76. The maximum Gasteiger partial charge on any atom is 0.243 e. The molecule has 5 nitrogen and oxygen atoms in total. The van der Waals surface area contributed by atoms with Gasteiger partial charge in [-0.25, -0.2) is 16.8 Å². The van der Waals surface area contributed by atoms with E-state index in [4.69, 9.17) is 0 Å². The van der Waals surface area contributed by atoms with Crippen LogP contribution in [0.4, 0.5) is 0 Å². The van der Waals surface area contributed by atoms with Crippen LogP contribution in [0.3, 0.4) is 0 Å². The summed E-state index contributed by atoms with van der Waals surface area (Å²) in [5.74, 6) is -0.0842. The molecule has 0 bridgehead atoms. The van der Waals surface area contributed by atoms with Crippen molar-refractivity contribution >= 4 is 19.9 Å². The number of sulfonamides is 1. The van der Waals surface area contributed by atoms with E-state index in [0.29, 0.717) is 6.42 Å². The summed E-state index contributed by atoms with van der Waals surface area (Å²) >= 11 is 0. The van der Waals surface area contributed by atoms with Gasteiger partial charge in [0.25, 0.3) is 0 Å². The molecule has 24 heavy (non-hydrogen) atoms. The molecule has 1 fully saturated rings. The topological polar surface area (TPSA) is 71.5 Å². The predicted molar refractivity (Wildman–Crippen MR) is 92.7 cm³/mol. The summed E-state index contributed by atoms with van der Waals surface area (Å²) in [4.78, 5) is 0.185. The molecule has 2 aromatic rings. The van der Waals surface area contributed by atoms with Crippen LogP contribution < -0.4 is 0 Å². The lowest BCUT2D eigenvalue weighted by Crippen LogP contribution is -2.40. The van der Waals surface area contributed by atoms with Gasteiger partial charge in [0, 0.05) is 12.6 Å². The third-order valence-corrected chi connectivity index (χ3v) is 7.81. The predicted octanol–water partition coefficient (Wildman–Crippen LogP) is 2.06. The van der Waals surface area contributed by atoms with Gasteiger partial charge in [-0.1, -0.05) is 48.5 Å². The number of hydrogen-bond acceptors (Lipinski definition) is 4. The van der Waals surface area contributed by atoms with Crippen LogP contribution in [-0.2, 0) is 26.4 Å². The van der Waals surface area contributed by atoms with Crippen LogP contribution in [-0.4, -0.2) is 38.7 Å². The highest BCUT2D eigenvalue weighted by molar-refractivity contribution is 7.92. The van der Waals surface area contributed by atoms with Gasteiger partial charge in [0.15, 0.2) is 9.84 Å². The van der Waals surface area contributed by atoms with E-state index < -0.39 is 25.9 Å². The first-order valence-corrected chi connectivity index (χ1v) is 11.0. The Morgan fingerprint density at radius 1 is 0.958 bits per heavy atom. The number of sulfone groups is 1. The van der Waals surface area contributed by atoms with Crippen molar-refractivity contribution in [3.05, 3.63) is 66.2 Å². The molecule has 1 aliphatic heterocycles. The summed E-state index contributed by atoms with van der Waals surface area (Å²) in [6.45, 7) is 0.165. The van der Waals surface area contributed by atoms with Gasteiger partial charge >= 0.3 is 0 Å². The molecule has 0 aliphatic carbocycles. The lowest BCUT2D eigenvalue weighted by atomic mass is 10.2. The zero-order valence-corrected chi connectivity index (χ0v) is 14.7. The molecule has 1 heterocycles. The molecule has 0 unspecified atom stereocenters. The summed E-state index contributed by atoms with van der Waals surface area (Å²) in [6.07, 6.45) is 0.335. The van der Waals surface area contributed by atoms with E-state index in [9.17, 15) is 16.8 Å². The van der Waals surface area contributed by atoms with Gasteiger partial charge < -0.3 is 0 Å². The molecule has 0 radical (unpaired) electrons. The Labute approximate surface area is 142 Å². The fourth-order valence-electron chi connectivity index (χ4n) is 2.90. The van der Waals surface area contributed by atoms with E-state index in [0.717, 1.165) is 5.56 Å². The van der Waals surface area contributed by atoms with Crippen molar-refractivity contribution in [2.75, 3.05) is 11.5 Å². The third-order valence-electron chi connectivity index (χ3n) is 4.15. The maximum absolute atomic E-state index is 13.1. The molecule has 7 heteroatoms. The molecule has 0 spiro atoms. The van der Waals surface area contributed by atoms with Crippen molar-refractivity contribution < 1.29 is 16.8 Å². The second-order valence-electron chi connectivity index (χ2n) is 5.91. The monoisotopic (exact) mass is 365 g/mol. The molecule has 1 aliphatic rings. The first-order chi connectivity index (χ1) is 11.4. The van der Waals surface area contributed by atoms with E-state index in [1.165, 1.54) is 16.4 Å². The molecular weight excluding hydrogens is 346 g/mol. The molecular formula is C17H19NO4S2. The van der Waals surface area contributed by atoms with Crippen molar-refractivity contribution in [2.45, 2.75) is 23.9 Å². The second kappa shape index (κ2) is 6.66. The first-order valence-electron chi connectivity index (χ1n) is 7.70. The summed E-state index contributed by atoms with van der Waals surface area (Å²) in [5, 5.41) is 0. The highest BCUT2D eigenvalue weighted by atomic mass is 32.2. The van der Waals surface area contributed by atoms with Crippen LogP contribution in [0.1, 0.15) is 12.0 Å². The van der Waals surface area contributed by atoms with Gasteiger partial charge in [-0.05, 0) is 24.1 Å². The zero-order valence-electron chi connectivity index (χ0n) is 13.1. The van der Waals surface area contributed by atoms with Crippen LogP contribution >= 0.6 is 0 Å². The van der Waals surface area contributed by atoms with Crippen molar-refractivity contribution in [2.24, 2.45) is 0 Å². The molecule has 128 valence electrons. The van der Waals surface area contributed by atoms with E-state index >= 15 is 0 Å². The van der Waals surface area contributed by atoms with Crippen LogP contribution in [0, 0.1) is 0 Å². The average molecular weight is 365 g/mol. The Bertz CT molecular complexity index is 894. The lowest BCUT2D eigenvalue weighted by molar-refractivity contribution is 0.334. The third kappa shape index (κ3) is 3.68. The van der Waals surface area contributed by atoms with Crippen LogP contribution in [0.25, 0.3) is 0 Å². The van der Waals surface area contributed by atoms with Crippen molar-refractivity contribution in [3.63, 3.8) is 0 Å². The number of rotatable bonds is 5. The fourth-order valence-corrected chi connectivity index (χ4v) is 6.39. The molecule has 0 aromatic heterocycles. The first kappa shape index (κ1) is 17.1. The van der Waals surface area contributed by atoms with Gasteiger partial charge in [0.05, 0.1) is 16.4 Å². The maximum atomic E-state index is 13.1. The minimum Gasteiger partial charge on any atom is -0.229 e. The van der Waals surface area contributed by atoms with Crippen molar-refractivity contribution in [1.82, 2.24) is 4.31 Å². The molecule has 2 aromatic carbocycles. The zero-order chi connectivity index (χ0) is 17.2. The van der Waals surface area contributed by atoms with E-state index in [-0.39, 0.29) is 22.9 Å². The Balaban J connectivity index is 1.99.